The minimum absolute atomic E-state index is 0.141. The molecule has 1 heterocycles. The Morgan fingerprint density at radius 2 is 1.94 bits per heavy atom. The van der Waals surface area contributed by atoms with Crippen LogP contribution in [-0.2, 0) is 24.1 Å². The number of nitrogens with one attached hydrogen (secondary N) is 1. The molecule has 168 valence electrons. The van der Waals surface area contributed by atoms with Gasteiger partial charge in [-0.05, 0) is 75.3 Å². The van der Waals surface area contributed by atoms with E-state index in [1.807, 2.05) is 26.0 Å². The maximum atomic E-state index is 12.7. The second-order valence-electron chi connectivity index (χ2n) is 8.79. The molecule has 1 aliphatic carbocycles. The molecule has 0 radical (unpaired) electrons. The zero-order chi connectivity index (χ0) is 22.7. The van der Waals surface area contributed by atoms with Crippen molar-refractivity contribution in [2.45, 2.75) is 65.7 Å². The van der Waals surface area contributed by atoms with Gasteiger partial charge < -0.3 is 14.5 Å². The molecule has 1 amide bonds. The first kappa shape index (κ1) is 22.2. The smallest absolute Gasteiger partial charge is 0.248 e. The summed E-state index contributed by atoms with van der Waals surface area (Å²) < 4.78 is 12.0. The van der Waals surface area contributed by atoms with Crippen LogP contribution < -0.4 is 10.1 Å². The molecule has 4 heteroatoms. The number of anilines is 1. The molecule has 0 saturated heterocycles. The highest BCUT2D eigenvalue weighted by molar-refractivity contribution is 6.05. The fourth-order valence-corrected chi connectivity index (χ4v) is 4.68. The largest absolute Gasteiger partial charge is 0.496 e. The third kappa shape index (κ3) is 4.45. The van der Waals surface area contributed by atoms with Gasteiger partial charge in [0.2, 0.25) is 5.91 Å². The highest BCUT2D eigenvalue weighted by Gasteiger charge is 2.23. The van der Waals surface area contributed by atoms with Crippen molar-refractivity contribution in [3.8, 4) is 5.75 Å². The summed E-state index contributed by atoms with van der Waals surface area (Å²) in [5.41, 5.74) is 7.14. The van der Waals surface area contributed by atoms with Gasteiger partial charge in [0.25, 0.3) is 0 Å². The standard InChI is InChI=1S/C28H33NO3/c1-5-6-9-20-12-14-21(15-13-20)29-26(30)16-18(2)23-17-24-22-10-7-8-11-25(22)32-28(24)19(3)27(23)31-4/h12-17H,5-11H2,1-4H3,(H,29,30)/b18-16+. The summed E-state index contributed by atoms with van der Waals surface area (Å²) in [5.74, 6) is 1.73. The number of ether oxygens (including phenoxy) is 1. The Bertz CT molecular complexity index is 1150. The van der Waals surface area contributed by atoms with Gasteiger partial charge in [-0.15, -0.1) is 0 Å². The average Bonchev–Trinajstić information content (AvgIpc) is 3.17. The van der Waals surface area contributed by atoms with E-state index >= 15 is 0 Å². The van der Waals surface area contributed by atoms with E-state index in [-0.39, 0.29) is 5.91 Å². The summed E-state index contributed by atoms with van der Waals surface area (Å²) >= 11 is 0. The first-order chi connectivity index (χ1) is 15.5. The molecule has 1 aliphatic rings. The van der Waals surface area contributed by atoms with E-state index in [2.05, 4.69) is 30.4 Å². The summed E-state index contributed by atoms with van der Waals surface area (Å²) in [6, 6.07) is 10.3. The van der Waals surface area contributed by atoms with Crippen LogP contribution >= 0.6 is 0 Å². The van der Waals surface area contributed by atoms with Gasteiger partial charge in [0, 0.05) is 40.3 Å². The first-order valence-corrected chi connectivity index (χ1v) is 11.7. The van der Waals surface area contributed by atoms with Gasteiger partial charge in [0.05, 0.1) is 7.11 Å². The molecular formula is C28H33NO3. The molecule has 4 rings (SSSR count). The lowest BCUT2D eigenvalue weighted by atomic mass is 9.93. The predicted molar refractivity (Wildman–Crippen MR) is 131 cm³/mol. The van der Waals surface area contributed by atoms with E-state index in [0.717, 1.165) is 64.1 Å². The van der Waals surface area contributed by atoms with E-state index in [9.17, 15) is 4.79 Å². The molecule has 0 bridgehead atoms. The number of allylic oxidation sites excluding steroid dienone is 1. The Labute approximate surface area is 190 Å². The number of rotatable bonds is 7. The van der Waals surface area contributed by atoms with Crippen molar-refractivity contribution in [2.75, 3.05) is 12.4 Å². The summed E-state index contributed by atoms with van der Waals surface area (Å²) in [6.07, 6.45) is 9.49. The molecule has 0 spiro atoms. The summed E-state index contributed by atoms with van der Waals surface area (Å²) in [6.45, 7) is 6.19. The fraction of sp³-hybridized carbons (Fsp3) is 0.393. The molecule has 1 N–H and O–H groups in total. The molecule has 0 saturated carbocycles. The molecule has 0 atom stereocenters. The maximum absolute atomic E-state index is 12.7. The zero-order valence-corrected chi connectivity index (χ0v) is 19.6. The number of carbonyl (C=O) groups is 1. The summed E-state index contributed by atoms with van der Waals surface area (Å²) in [7, 11) is 1.67. The lowest BCUT2D eigenvalue weighted by molar-refractivity contribution is -0.111. The molecule has 2 aromatic carbocycles. The monoisotopic (exact) mass is 431 g/mol. The number of fused-ring (bicyclic) bond motifs is 3. The van der Waals surface area contributed by atoms with Gasteiger partial charge in [-0.25, -0.2) is 0 Å². The minimum atomic E-state index is -0.141. The second kappa shape index (κ2) is 9.64. The van der Waals surface area contributed by atoms with Crippen LogP contribution in [0.5, 0.6) is 5.75 Å². The van der Waals surface area contributed by atoms with Crippen molar-refractivity contribution < 1.29 is 13.9 Å². The first-order valence-electron chi connectivity index (χ1n) is 11.7. The summed E-state index contributed by atoms with van der Waals surface area (Å²) in [4.78, 5) is 12.7. The van der Waals surface area contributed by atoms with Crippen molar-refractivity contribution in [1.82, 2.24) is 0 Å². The predicted octanol–water partition coefficient (Wildman–Crippen LogP) is 7.01. The minimum Gasteiger partial charge on any atom is -0.496 e. The number of furan rings is 1. The Balaban J connectivity index is 1.60. The highest BCUT2D eigenvalue weighted by atomic mass is 16.5. The molecule has 3 aromatic rings. The second-order valence-corrected chi connectivity index (χ2v) is 8.79. The number of benzene rings is 2. The third-order valence-electron chi connectivity index (χ3n) is 6.44. The van der Waals surface area contributed by atoms with E-state index in [1.165, 1.54) is 36.8 Å². The Morgan fingerprint density at radius 1 is 1.19 bits per heavy atom. The van der Waals surface area contributed by atoms with Gasteiger partial charge in [-0.1, -0.05) is 25.5 Å². The number of hydrogen-bond donors (Lipinski definition) is 1. The number of amides is 1. The van der Waals surface area contributed by atoms with Gasteiger partial charge in [-0.3, -0.25) is 4.79 Å². The van der Waals surface area contributed by atoms with Crippen LogP contribution in [0.2, 0.25) is 0 Å². The topological polar surface area (TPSA) is 51.5 Å². The summed E-state index contributed by atoms with van der Waals surface area (Å²) in [5, 5.41) is 4.14. The van der Waals surface area contributed by atoms with Gasteiger partial charge in [-0.2, -0.15) is 0 Å². The van der Waals surface area contributed by atoms with Crippen molar-refractivity contribution in [1.29, 1.82) is 0 Å². The van der Waals surface area contributed by atoms with E-state index < -0.39 is 0 Å². The highest BCUT2D eigenvalue weighted by Crippen LogP contribution is 2.41. The maximum Gasteiger partial charge on any atom is 0.248 e. The zero-order valence-electron chi connectivity index (χ0n) is 19.6. The van der Waals surface area contributed by atoms with E-state index in [0.29, 0.717) is 0 Å². The Kier molecular flexibility index (Phi) is 6.69. The van der Waals surface area contributed by atoms with E-state index in [4.69, 9.17) is 9.15 Å². The number of aryl methyl sites for hydroxylation is 4. The van der Waals surface area contributed by atoms with E-state index in [1.54, 1.807) is 13.2 Å². The number of hydrogen-bond acceptors (Lipinski definition) is 3. The number of carbonyl (C=O) groups excluding carboxylic acids is 1. The quantitative estimate of drug-likeness (QED) is 0.409. The molecule has 1 aromatic heterocycles. The van der Waals surface area contributed by atoms with Crippen molar-refractivity contribution in [3.05, 3.63) is 64.4 Å². The number of unbranched alkanes of at least 4 members (excludes halogenated alkanes) is 1. The fourth-order valence-electron chi connectivity index (χ4n) is 4.68. The van der Waals surface area contributed by atoms with Gasteiger partial charge >= 0.3 is 0 Å². The van der Waals surface area contributed by atoms with Crippen molar-refractivity contribution in [2.24, 2.45) is 0 Å². The van der Waals surface area contributed by atoms with Crippen LogP contribution in [0, 0.1) is 6.92 Å². The normalized spacial score (nSPS) is 13.8. The molecule has 4 nitrogen and oxygen atoms in total. The Hall–Kier alpha value is -3.01. The van der Waals surface area contributed by atoms with Crippen LogP contribution in [0.4, 0.5) is 5.69 Å². The third-order valence-corrected chi connectivity index (χ3v) is 6.44. The van der Waals surface area contributed by atoms with Crippen LogP contribution in [0.3, 0.4) is 0 Å². The molecule has 0 unspecified atom stereocenters. The molecule has 0 aliphatic heterocycles. The van der Waals surface area contributed by atoms with Crippen LogP contribution in [0.25, 0.3) is 16.5 Å². The van der Waals surface area contributed by atoms with Crippen LogP contribution in [-0.4, -0.2) is 13.0 Å². The van der Waals surface area contributed by atoms with Gasteiger partial charge in [0.15, 0.2) is 0 Å². The Morgan fingerprint density at radius 3 is 2.66 bits per heavy atom. The number of methoxy groups -OCH3 is 1. The van der Waals surface area contributed by atoms with Crippen molar-refractivity contribution in [3.63, 3.8) is 0 Å². The lowest BCUT2D eigenvalue weighted by Gasteiger charge is -2.13. The lowest BCUT2D eigenvalue weighted by Crippen LogP contribution is -2.09. The van der Waals surface area contributed by atoms with Gasteiger partial charge in [0.1, 0.15) is 17.1 Å². The molecule has 0 fully saturated rings. The molecule has 32 heavy (non-hydrogen) atoms. The van der Waals surface area contributed by atoms with Crippen molar-refractivity contribution >= 4 is 28.1 Å². The van der Waals surface area contributed by atoms with Crippen LogP contribution in [0.15, 0.2) is 40.8 Å². The average molecular weight is 432 g/mol. The molecular weight excluding hydrogens is 398 g/mol. The SMILES string of the molecule is CCCCc1ccc(NC(=O)/C=C(\C)c2cc3c4c(oc3c(C)c2OC)CCCC4)cc1. The van der Waals surface area contributed by atoms with Crippen LogP contribution in [0.1, 0.15) is 67.5 Å².